The summed E-state index contributed by atoms with van der Waals surface area (Å²) in [5.41, 5.74) is 1.12. The molecule has 1 aromatic rings. The SMILES string of the molecule is COc1cc(NC2CC3CCC(C2)N3C)c(Br)cc1Br. The molecule has 2 unspecified atom stereocenters. The van der Waals surface area contributed by atoms with E-state index < -0.39 is 0 Å². The van der Waals surface area contributed by atoms with Crippen LogP contribution in [0.15, 0.2) is 21.1 Å². The van der Waals surface area contributed by atoms with E-state index >= 15 is 0 Å². The first-order valence-electron chi connectivity index (χ1n) is 7.10. The van der Waals surface area contributed by atoms with Gasteiger partial charge in [0.1, 0.15) is 5.75 Å². The molecule has 0 saturated carbocycles. The van der Waals surface area contributed by atoms with E-state index in [2.05, 4.69) is 55.2 Å². The molecule has 2 aliphatic heterocycles. The Bertz CT molecular complexity index is 495. The van der Waals surface area contributed by atoms with Crippen LogP contribution in [0.4, 0.5) is 5.69 Å². The summed E-state index contributed by atoms with van der Waals surface area (Å²) in [6.45, 7) is 0. The van der Waals surface area contributed by atoms with Crippen molar-refractivity contribution in [2.45, 2.75) is 43.8 Å². The summed E-state index contributed by atoms with van der Waals surface area (Å²) >= 11 is 7.15. The number of fused-ring (bicyclic) bond motifs is 2. The van der Waals surface area contributed by atoms with Gasteiger partial charge in [0.15, 0.2) is 0 Å². The lowest BCUT2D eigenvalue weighted by Crippen LogP contribution is -2.44. The molecule has 0 amide bonds. The number of halogens is 2. The molecule has 0 radical (unpaired) electrons. The fourth-order valence-corrected chi connectivity index (χ4v) is 4.82. The number of benzene rings is 1. The highest BCUT2D eigenvalue weighted by Gasteiger charge is 2.38. The molecule has 1 aromatic carbocycles. The van der Waals surface area contributed by atoms with Gasteiger partial charge in [-0.25, -0.2) is 0 Å². The molecule has 0 spiro atoms. The predicted octanol–water partition coefficient (Wildman–Crippen LogP) is 4.26. The van der Waals surface area contributed by atoms with Gasteiger partial charge in [-0.2, -0.15) is 0 Å². The summed E-state index contributed by atoms with van der Waals surface area (Å²) in [5.74, 6) is 0.867. The highest BCUT2D eigenvalue weighted by Crippen LogP contribution is 2.38. The number of hydrogen-bond donors (Lipinski definition) is 1. The maximum absolute atomic E-state index is 5.39. The summed E-state index contributed by atoms with van der Waals surface area (Å²) in [7, 11) is 3.98. The van der Waals surface area contributed by atoms with Gasteiger partial charge in [0.2, 0.25) is 0 Å². The first-order valence-corrected chi connectivity index (χ1v) is 8.68. The molecule has 5 heteroatoms. The third-order valence-electron chi connectivity index (χ3n) is 4.70. The van der Waals surface area contributed by atoms with Crippen molar-refractivity contribution in [3.05, 3.63) is 21.1 Å². The van der Waals surface area contributed by atoms with Crippen LogP contribution in [0.5, 0.6) is 5.75 Å². The Morgan fingerprint density at radius 2 is 1.80 bits per heavy atom. The zero-order valence-electron chi connectivity index (χ0n) is 11.8. The van der Waals surface area contributed by atoms with Gasteiger partial charge in [-0.15, -0.1) is 0 Å². The number of piperidine rings is 1. The fourth-order valence-electron chi connectivity index (χ4n) is 3.55. The lowest BCUT2D eigenvalue weighted by atomic mass is 9.98. The highest BCUT2D eigenvalue weighted by atomic mass is 79.9. The van der Waals surface area contributed by atoms with Crippen LogP contribution in [-0.4, -0.2) is 37.2 Å². The van der Waals surface area contributed by atoms with Gasteiger partial charge < -0.3 is 15.0 Å². The number of nitrogens with one attached hydrogen (secondary N) is 1. The molecule has 2 atom stereocenters. The van der Waals surface area contributed by atoms with Crippen molar-refractivity contribution in [3.8, 4) is 5.75 Å². The fraction of sp³-hybridized carbons (Fsp3) is 0.600. The second-order valence-electron chi connectivity index (χ2n) is 5.83. The van der Waals surface area contributed by atoms with Gasteiger partial charge in [-0.05, 0) is 70.7 Å². The molecule has 0 aliphatic carbocycles. The number of anilines is 1. The lowest BCUT2D eigenvalue weighted by Gasteiger charge is -2.37. The van der Waals surface area contributed by atoms with Gasteiger partial charge >= 0.3 is 0 Å². The molecule has 2 saturated heterocycles. The topological polar surface area (TPSA) is 24.5 Å². The minimum atomic E-state index is 0.561. The maximum Gasteiger partial charge on any atom is 0.135 e. The normalized spacial score (nSPS) is 29.5. The summed E-state index contributed by atoms with van der Waals surface area (Å²) in [5, 5.41) is 3.70. The van der Waals surface area contributed by atoms with Gasteiger partial charge in [0.25, 0.3) is 0 Å². The average Bonchev–Trinajstić information content (AvgIpc) is 2.64. The molecule has 3 rings (SSSR count). The van der Waals surface area contributed by atoms with Gasteiger partial charge in [0.05, 0.1) is 17.3 Å². The minimum absolute atomic E-state index is 0.561. The summed E-state index contributed by atoms with van der Waals surface area (Å²) in [6, 6.07) is 6.18. The monoisotopic (exact) mass is 402 g/mol. The second-order valence-corrected chi connectivity index (χ2v) is 7.54. The lowest BCUT2D eigenvalue weighted by molar-refractivity contribution is 0.169. The van der Waals surface area contributed by atoms with E-state index in [0.717, 1.165) is 32.5 Å². The van der Waals surface area contributed by atoms with Crippen molar-refractivity contribution in [1.29, 1.82) is 0 Å². The number of methoxy groups -OCH3 is 1. The van der Waals surface area contributed by atoms with Crippen LogP contribution in [0, 0.1) is 0 Å². The Kier molecular flexibility index (Phi) is 4.29. The zero-order chi connectivity index (χ0) is 14.3. The average molecular weight is 404 g/mol. The Balaban J connectivity index is 1.75. The van der Waals surface area contributed by atoms with E-state index in [1.807, 2.05) is 6.07 Å². The molecule has 1 N–H and O–H groups in total. The number of ether oxygens (including phenoxy) is 1. The van der Waals surface area contributed by atoms with E-state index in [1.54, 1.807) is 7.11 Å². The van der Waals surface area contributed by atoms with Crippen molar-refractivity contribution in [1.82, 2.24) is 4.90 Å². The predicted molar refractivity (Wildman–Crippen MR) is 89.6 cm³/mol. The molecule has 2 fully saturated rings. The number of rotatable bonds is 3. The van der Waals surface area contributed by atoms with Crippen LogP contribution in [0.1, 0.15) is 25.7 Å². The van der Waals surface area contributed by atoms with Crippen molar-refractivity contribution in [2.24, 2.45) is 0 Å². The summed E-state index contributed by atoms with van der Waals surface area (Å²) < 4.78 is 7.44. The van der Waals surface area contributed by atoms with Crippen molar-refractivity contribution >= 4 is 37.5 Å². The first-order chi connectivity index (χ1) is 9.58. The molecule has 2 bridgehead atoms. The van der Waals surface area contributed by atoms with Crippen molar-refractivity contribution in [3.63, 3.8) is 0 Å². The Morgan fingerprint density at radius 1 is 1.15 bits per heavy atom. The molecular weight excluding hydrogens is 384 g/mol. The third kappa shape index (κ3) is 2.72. The van der Waals surface area contributed by atoms with Crippen molar-refractivity contribution in [2.75, 3.05) is 19.5 Å². The summed E-state index contributed by atoms with van der Waals surface area (Å²) in [4.78, 5) is 2.56. The number of hydrogen-bond acceptors (Lipinski definition) is 3. The Hall–Kier alpha value is -0.260. The van der Waals surface area contributed by atoms with Crippen molar-refractivity contribution < 1.29 is 4.74 Å². The Morgan fingerprint density at radius 3 is 2.40 bits per heavy atom. The molecular formula is C15H20Br2N2O. The van der Waals surface area contributed by atoms with E-state index in [-0.39, 0.29) is 0 Å². The number of nitrogens with zero attached hydrogens (tertiary/aromatic N) is 1. The van der Waals surface area contributed by atoms with Gasteiger partial charge in [-0.1, -0.05) is 0 Å². The van der Waals surface area contributed by atoms with Crippen LogP contribution in [0.3, 0.4) is 0 Å². The first kappa shape index (κ1) is 14.7. The van der Waals surface area contributed by atoms with Crippen LogP contribution in [0.25, 0.3) is 0 Å². The van der Waals surface area contributed by atoms with Gasteiger partial charge in [0, 0.05) is 28.7 Å². The van der Waals surface area contributed by atoms with Crippen LogP contribution >= 0.6 is 31.9 Å². The molecule has 20 heavy (non-hydrogen) atoms. The summed E-state index contributed by atoms with van der Waals surface area (Å²) in [6.07, 6.45) is 5.17. The van der Waals surface area contributed by atoms with E-state index in [4.69, 9.17) is 4.74 Å². The van der Waals surface area contributed by atoms with E-state index in [0.29, 0.717) is 6.04 Å². The molecule has 3 nitrogen and oxygen atoms in total. The van der Waals surface area contributed by atoms with E-state index in [9.17, 15) is 0 Å². The molecule has 110 valence electrons. The second kappa shape index (κ2) is 5.85. The van der Waals surface area contributed by atoms with Crippen LogP contribution in [0.2, 0.25) is 0 Å². The Labute approximate surface area is 137 Å². The molecule has 2 heterocycles. The third-order valence-corrected chi connectivity index (χ3v) is 5.98. The molecule has 2 aliphatic rings. The highest BCUT2D eigenvalue weighted by molar-refractivity contribution is 9.11. The van der Waals surface area contributed by atoms with Crippen LogP contribution in [-0.2, 0) is 0 Å². The maximum atomic E-state index is 5.39. The van der Waals surface area contributed by atoms with E-state index in [1.165, 1.54) is 25.7 Å². The minimum Gasteiger partial charge on any atom is -0.495 e. The van der Waals surface area contributed by atoms with Crippen LogP contribution < -0.4 is 10.1 Å². The van der Waals surface area contributed by atoms with Gasteiger partial charge in [-0.3, -0.25) is 0 Å². The molecule has 0 aromatic heterocycles. The quantitative estimate of drug-likeness (QED) is 0.815. The smallest absolute Gasteiger partial charge is 0.135 e. The standard InChI is InChI=1S/C15H20Br2N2O/c1-19-10-3-4-11(19)6-9(5-10)18-14-8-15(20-2)13(17)7-12(14)16/h7-11,18H,3-6H2,1-2H3. The zero-order valence-corrected chi connectivity index (χ0v) is 15.0. The largest absolute Gasteiger partial charge is 0.495 e.